The second-order valence-electron chi connectivity index (χ2n) is 38.2. The van der Waals surface area contributed by atoms with Crippen LogP contribution >= 0.6 is 0 Å². The van der Waals surface area contributed by atoms with Gasteiger partial charge in [-0.25, -0.2) is 4.79 Å². The summed E-state index contributed by atoms with van der Waals surface area (Å²) in [6.45, 7) is 21.4. The number of aryl methyl sites for hydroxylation is 14. The fourth-order valence-corrected chi connectivity index (χ4v) is 20.8. The molecule has 0 atom stereocenters. The van der Waals surface area contributed by atoms with Crippen LogP contribution in [-0.2, 0) is 32.3 Å². The zero-order valence-corrected chi connectivity index (χ0v) is 84.3. The molecule has 0 saturated carbocycles. The Hall–Kier alpha value is -17.6. The van der Waals surface area contributed by atoms with E-state index in [2.05, 4.69) is 299 Å². The third kappa shape index (κ3) is 17.6. The van der Waals surface area contributed by atoms with Gasteiger partial charge in [-0.3, -0.25) is 24.5 Å². The van der Waals surface area contributed by atoms with Crippen molar-refractivity contribution in [2.45, 2.75) is 108 Å². The van der Waals surface area contributed by atoms with Crippen molar-refractivity contribution in [3.05, 3.63) is 434 Å². The minimum absolute atomic E-state index is 0.411. The van der Waals surface area contributed by atoms with Gasteiger partial charge in [-0.2, -0.15) is 0 Å². The molecular weight excluding hydrogens is 1810 g/mol. The van der Waals surface area contributed by atoms with Crippen molar-refractivity contribution >= 4 is 159 Å². The highest BCUT2D eigenvalue weighted by atomic mass is 16.5. The van der Waals surface area contributed by atoms with Gasteiger partial charge < -0.3 is 50.5 Å². The number of ether oxygens (including phenoxy) is 6. The van der Waals surface area contributed by atoms with Crippen LogP contribution in [0.3, 0.4) is 0 Å². The number of esters is 1. The molecule has 0 unspecified atom stereocenters. The van der Waals surface area contributed by atoms with E-state index in [4.69, 9.17) is 50.5 Å². The predicted molar refractivity (Wildman–Crippen MR) is 591 cm³/mol. The van der Waals surface area contributed by atoms with Crippen LogP contribution in [0.1, 0.15) is 111 Å². The number of furan rings is 5. The highest BCUT2D eigenvalue weighted by molar-refractivity contribution is 6.08. The summed E-state index contributed by atoms with van der Waals surface area (Å²) in [5, 5.41) is 5.31. The smallest absolute Gasteiger partial charge is 0.345 e. The number of carbonyl (C=O) groups is 1. The third-order valence-electron chi connectivity index (χ3n) is 27.8. The van der Waals surface area contributed by atoms with Crippen molar-refractivity contribution in [1.82, 2.24) is 0 Å². The number of benzene rings is 16. The molecule has 5 aromatic heterocycles. The number of carbonyl (C=O) groups excluding carboxylic acids is 1. The van der Waals surface area contributed by atoms with Crippen LogP contribution in [-0.4, -0.2) is 34.4 Å². The van der Waals surface area contributed by atoms with Gasteiger partial charge in [0.15, 0.2) is 5.75 Å². The zero-order chi connectivity index (χ0) is 100. The highest BCUT2D eigenvalue weighted by Gasteiger charge is 2.38. The van der Waals surface area contributed by atoms with Gasteiger partial charge in [0.05, 0.1) is 102 Å². The Morgan fingerprint density at radius 3 is 1.11 bits per heavy atom. The molecule has 146 heavy (non-hydrogen) atoms. The van der Waals surface area contributed by atoms with Crippen molar-refractivity contribution in [2.75, 3.05) is 52.9 Å². The number of fused-ring (bicyclic) bond motifs is 20. The summed E-state index contributed by atoms with van der Waals surface area (Å²) in [7, 11) is 6.75. The minimum Gasteiger partial charge on any atom is -0.495 e. The molecule has 16 aromatic carbocycles. The molecule has 26 rings (SSSR count). The predicted octanol–water partition coefficient (Wildman–Crippen LogP) is 34.8. The van der Waals surface area contributed by atoms with Crippen LogP contribution in [0, 0.1) is 69.2 Å². The lowest BCUT2D eigenvalue weighted by atomic mass is 9.96. The van der Waals surface area contributed by atoms with Gasteiger partial charge in [-0.1, -0.05) is 238 Å². The Morgan fingerprint density at radius 1 is 0.253 bits per heavy atom. The van der Waals surface area contributed by atoms with Gasteiger partial charge >= 0.3 is 5.97 Å². The first kappa shape index (κ1) is 93.4. The number of nitrogens with zero attached hydrogens (tertiary/aromatic N) is 5. The molecule has 17 nitrogen and oxygen atoms in total. The van der Waals surface area contributed by atoms with Crippen LogP contribution < -0.4 is 52.9 Å². The first-order chi connectivity index (χ1) is 71.2. The quantitative estimate of drug-likeness (QED) is 0.119. The fraction of sp³-hybridized carbons (Fsp3) is 0.155. The van der Waals surface area contributed by atoms with E-state index in [9.17, 15) is 4.79 Å². The van der Waals surface area contributed by atoms with Crippen molar-refractivity contribution < 1.29 is 55.3 Å². The number of rotatable bonds is 10. The first-order valence-electron chi connectivity index (χ1n) is 49.6. The molecule has 5 aliphatic heterocycles. The molecular formula is C129H111N5O12. The maximum atomic E-state index is 13.1. The summed E-state index contributed by atoms with van der Waals surface area (Å²) < 4.78 is 66.9. The highest BCUT2D eigenvalue weighted by Crippen LogP contribution is 2.58. The Bertz CT molecular complexity index is 8470. The standard InChI is InChI=1S/C30H23NO.C26H25NO2.C25H23NO2.C24H19NO4.C24H21NO3/c1-20-12-16-27-23(18-20)14-15-25-26-19-21(2)13-17-29(26)32-30(25)31(27)28-11-7-6-10-24(28)22-8-4-3-5-9-22;1-17-11-13-22-19(15-17)7-6-8-20-21-16-18(2)12-14-24(21)29-26(20)27(22)23-9-4-5-10-25(23)28-3;1-16-8-12-21-18(14-16)10-11-19-20-15-17(2)9-13-23(20)28-25(19)26(21)22-6-4-5-7-24(22)27-3;1-14-8-10-18-16(12-14)24(26)29-22-17-13-15(2)9-11-20(17)28-23(22)25(18)19-6-4-5-7-21(19)27-3;1-15-8-10-19-17(12-15)14-27-23-18-13-16(2)9-11-21(18)28-24(23)25(19)20-6-4-5-7-22(20)26-3/h3-19H,1-2H3;4-5,9-16H,6-8H2,1-3H3;4-9,12-15H,10-11H2,1-3H3;4-13H,1-3H3;4-13H,14H2,1-3H3. The Labute approximate surface area is 849 Å². The molecule has 0 bridgehead atoms. The molecule has 0 fully saturated rings. The van der Waals surface area contributed by atoms with E-state index in [1.165, 1.54) is 94.2 Å². The molecule has 17 heteroatoms. The van der Waals surface area contributed by atoms with Crippen LogP contribution in [0.2, 0.25) is 0 Å². The second-order valence-corrected chi connectivity index (χ2v) is 38.2. The van der Waals surface area contributed by atoms with Crippen molar-refractivity contribution in [3.8, 4) is 45.6 Å². The normalized spacial score (nSPS) is 13.0. The van der Waals surface area contributed by atoms with Crippen LogP contribution in [0.15, 0.2) is 356 Å². The summed E-state index contributed by atoms with van der Waals surface area (Å²) in [6.07, 6.45) is 9.48. The number of hydrogen-bond acceptors (Lipinski definition) is 17. The molecule has 724 valence electrons. The Morgan fingerprint density at radius 2 is 0.596 bits per heavy atom. The zero-order valence-electron chi connectivity index (χ0n) is 84.3. The van der Waals surface area contributed by atoms with Gasteiger partial charge in [-0.05, 0) is 287 Å². The molecule has 0 spiro atoms. The molecule has 5 aliphatic rings. The lowest BCUT2D eigenvalue weighted by Gasteiger charge is -2.29. The average Bonchev–Trinajstić information content (AvgIpc) is 1.61. The molecule has 0 aliphatic carbocycles. The van der Waals surface area contributed by atoms with E-state index >= 15 is 0 Å². The third-order valence-corrected chi connectivity index (χ3v) is 27.8. The second kappa shape index (κ2) is 39.4. The van der Waals surface area contributed by atoms with Crippen molar-refractivity contribution in [2.24, 2.45) is 0 Å². The largest absolute Gasteiger partial charge is 0.495 e. The van der Waals surface area contributed by atoms with Gasteiger partial charge in [0.2, 0.25) is 35.2 Å². The molecule has 0 radical (unpaired) electrons. The monoisotopic (exact) mass is 1920 g/mol. The van der Waals surface area contributed by atoms with E-state index in [-0.39, 0.29) is 0 Å². The molecule has 0 N–H and O–H groups in total. The topological polar surface area (TPSA) is 154 Å². The van der Waals surface area contributed by atoms with Crippen molar-refractivity contribution in [3.63, 3.8) is 0 Å². The molecule has 0 amide bonds. The molecule has 10 heterocycles. The average molecular weight is 1920 g/mol. The van der Waals surface area contributed by atoms with E-state index in [1.54, 1.807) is 28.4 Å². The summed E-state index contributed by atoms with van der Waals surface area (Å²) in [6, 6.07) is 114. The lowest BCUT2D eigenvalue weighted by molar-refractivity contribution is 0.0739. The number of para-hydroxylation sites is 9. The summed E-state index contributed by atoms with van der Waals surface area (Å²) in [5.74, 6) is 7.65. The van der Waals surface area contributed by atoms with Crippen LogP contribution in [0.5, 0.6) is 34.5 Å². The maximum Gasteiger partial charge on any atom is 0.345 e. The van der Waals surface area contributed by atoms with E-state index in [0.717, 1.165) is 185 Å². The maximum absolute atomic E-state index is 13.1. The molecule has 0 saturated heterocycles. The van der Waals surface area contributed by atoms with Crippen molar-refractivity contribution in [1.29, 1.82) is 0 Å². The molecule has 21 aromatic rings. The van der Waals surface area contributed by atoms with Gasteiger partial charge in [0, 0.05) is 44.0 Å². The summed E-state index contributed by atoms with van der Waals surface area (Å²) >= 11 is 0. The van der Waals surface area contributed by atoms with Gasteiger partial charge in [0.25, 0.3) is 0 Å². The Kier molecular flexibility index (Phi) is 25.2. The SMILES string of the molecule is COc1ccccc1N1c2ccc(C)cc2C(=O)Oc2c1oc1ccc(C)cc21.COc1ccccc1N1c2ccc(C)cc2CCCc2c1oc1ccc(C)cc21.COc1ccccc1N1c2ccc(C)cc2CCc2c1oc1ccc(C)cc21.COc1ccccc1N1c2ccc(C)cc2COc2c1oc1ccc(C)cc21.Cc1ccc2c(c1)C=Cc1c(oc3ccc(C)cc13)N2c1ccccc1-c1ccccc1. The van der Waals surface area contributed by atoms with E-state index < -0.39 is 5.97 Å². The van der Waals surface area contributed by atoms with E-state index in [1.807, 2.05) is 140 Å². The van der Waals surface area contributed by atoms with Crippen LogP contribution in [0.25, 0.3) is 78.1 Å². The van der Waals surface area contributed by atoms with Gasteiger partial charge in [0.1, 0.15) is 57.5 Å². The number of anilines is 15. The Balaban J connectivity index is 0.000000104. The number of hydrogen-bond donors (Lipinski definition) is 0. The van der Waals surface area contributed by atoms with E-state index in [0.29, 0.717) is 46.7 Å². The number of methoxy groups -OCH3 is 4. The minimum atomic E-state index is -0.411. The first-order valence-corrected chi connectivity index (χ1v) is 49.6. The lowest BCUT2D eigenvalue weighted by Crippen LogP contribution is -2.16. The summed E-state index contributed by atoms with van der Waals surface area (Å²) in [4.78, 5) is 23.8. The fourth-order valence-electron chi connectivity index (χ4n) is 20.8. The summed E-state index contributed by atoms with van der Waals surface area (Å²) in [5.41, 5.74) is 37.5. The van der Waals surface area contributed by atoms with Crippen LogP contribution in [0.4, 0.5) is 86.3 Å². The van der Waals surface area contributed by atoms with Gasteiger partial charge in [-0.15, -0.1) is 0 Å².